The van der Waals surface area contributed by atoms with E-state index in [0.29, 0.717) is 0 Å². The molecule has 2 saturated carbocycles. The predicted molar refractivity (Wildman–Crippen MR) is 56.6 cm³/mol. The van der Waals surface area contributed by atoms with Gasteiger partial charge in [-0.1, -0.05) is 35.7 Å². The van der Waals surface area contributed by atoms with Crippen molar-refractivity contribution in [2.45, 2.75) is 45.4 Å². The van der Waals surface area contributed by atoms with Crippen molar-refractivity contribution in [1.29, 1.82) is 0 Å². The normalized spacial score (nSPS) is 43.0. The van der Waals surface area contributed by atoms with Gasteiger partial charge in [-0.15, -0.1) is 0 Å². The van der Waals surface area contributed by atoms with Gasteiger partial charge in [0.1, 0.15) is 0 Å². The van der Waals surface area contributed by atoms with Gasteiger partial charge in [0.2, 0.25) is 0 Å². The second-order valence-electron chi connectivity index (χ2n) is 4.99. The highest BCUT2D eigenvalue weighted by Crippen LogP contribution is 2.56. The van der Waals surface area contributed by atoms with E-state index in [1.165, 1.54) is 43.9 Å². The molecule has 0 N–H and O–H groups in total. The molecule has 0 amide bonds. The second kappa shape index (κ2) is 3.32. The van der Waals surface area contributed by atoms with Gasteiger partial charge in [-0.25, -0.2) is 0 Å². The van der Waals surface area contributed by atoms with E-state index in [4.69, 9.17) is 0 Å². The maximum atomic E-state index is 3.72. The minimum atomic E-state index is 0.732. The van der Waals surface area contributed by atoms with Crippen LogP contribution in [0.2, 0.25) is 0 Å². The summed E-state index contributed by atoms with van der Waals surface area (Å²) >= 11 is 3.72. The van der Waals surface area contributed by atoms with Crippen LogP contribution >= 0.6 is 15.9 Å². The summed E-state index contributed by atoms with van der Waals surface area (Å²) in [5.41, 5.74) is 0.732. The first-order valence-corrected chi connectivity index (χ1v) is 6.45. The first-order chi connectivity index (χ1) is 5.77. The third-order valence-electron chi connectivity index (χ3n) is 4.00. The highest BCUT2D eigenvalue weighted by Gasteiger charge is 2.47. The molecule has 0 nitrogen and oxygen atoms in total. The SMILES string of the molecule is CC1CC(CBr)(C2CCCC2)C1. The maximum absolute atomic E-state index is 3.72. The Morgan fingerprint density at radius 2 is 1.83 bits per heavy atom. The monoisotopic (exact) mass is 230 g/mol. The Labute approximate surface area is 84.2 Å². The van der Waals surface area contributed by atoms with E-state index in [1.807, 2.05) is 0 Å². The fourth-order valence-electron chi connectivity index (χ4n) is 3.42. The third kappa shape index (κ3) is 1.34. The smallest absolute Gasteiger partial charge is 0.00908 e. The lowest BCUT2D eigenvalue weighted by atomic mass is 9.57. The van der Waals surface area contributed by atoms with Crippen molar-refractivity contribution in [2.24, 2.45) is 17.3 Å². The second-order valence-corrected chi connectivity index (χ2v) is 5.55. The molecule has 0 aromatic heterocycles. The number of alkyl halides is 1. The van der Waals surface area contributed by atoms with Crippen LogP contribution < -0.4 is 0 Å². The molecule has 0 aromatic rings. The first-order valence-electron chi connectivity index (χ1n) is 5.33. The van der Waals surface area contributed by atoms with Gasteiger partial charge >= 0.3 is 0 Å². The molecular weight excluding hydrogens is 212 g/mol. The summed E-state index contributed by atoms with van der Waals surface area (Å²) in [5, 5.41) is 1.26. The number of rotatable bonds is 2. The molecule has 2 rings (SSSR count). The van der Waals surface area contributed by atoms with Gasteiger partial charge in [0.05, 0.1) is 0 Å². The lowest BCUT2D eigenvalue weighted by molar-refractivity contribution is 0.0283. The molecule has 0 radical (unpaired) electrons. The number of hydrogen-bond donors (Lipinski definition) is 0. The van der Waals surface area contributed by atoms with Crippen molar-refractivity contribution < 1.29 is 0 Å². The Balaban J connectivity index is 1.98. The van der Waals surface area contributed by atoms with Crippen molar-refractivity contribution in [2.75, 3.05) is 5.33 Å². The van der Waals surface area contributed by atoms with Crippen molar-refractivity contribution in [3.05, 3.63) is 0 Å². The molecule has 0 aliphatic heterocycles. The summed E-state index contributed by atoms with van der Waals surface area (Å²) in [6.07, 6.45) is 8.99. The van der Waals surface area contributed by atoms with Crippen molar-refractivity contribution in [1.82, 2.24) is 0 Å². The molecule has 0 aromatic carbocycles. The summed E-state index contributed by atoms with van der Waals surface area (Å²) in [6, 6.07) is 0. The molecule has 0 bridgehead atoms. The predicted octanol–water partition coefficient (Wildman–Crippen LogP) is 3.99. The van der Waals surface area contributed by atoms with Gasteiger partial charge in [0.15, 0.2) is 0 Å². The minimum absolute atomic E-state index is 0.732. The molecule has 1 heteroatoms. The van der Waals surface area contributed by atoms with Crippen LogP contribution in [0.1, 0.15) is 45.4 Å². The fraction of sp³-hybridized carbons (Fsp3) is 1.00. The minimum Gasteiger partial charge on any atom is -0.0922 e. The number of hydrogen-bond acceptors (Lipinski definition) is 0. The van der Waals surface area contributed by atoms with Gasteiger partial charge in [0, 0.05) is 5.33 Å². The van der Waals surface area contributed by atoms with Gasteiger partial charge in [-0.3, -0.25) is 0 Å². The summed E-state index contributed by atoms with van der Waals surface area (Å²) in [7, 11) is 0. The van der Waals surface area contributed by atoms with Crippen LogP contribution in [0.3, 0.4) is 0 Å². The van der Waals surface area contributed by atoms with E-state index in [0.717, 1.165) is 17.3 Å². The third-order valence-corrected chi connectivity index (χ3v) is 5.11. The van der Waals surface area contributed by atoms with E-state index in [1.54, 1.807) is 0 Å². The van der Waals surface area contributed by atoms with Crippen LogP contribution in [0.4, 0.5) is 0 Å². The Kier molecular flexibility index (Phi) is 2.51. The summed E-state index contributed by atoms with van der Waals surface area (Å²) in [5.74, 6) is 2.07. The fourth-order valence-corrected chi connectivity index (χ4v) is 4.33. The van der Waals surface area contributed by atoms with Crippen molar-refractivity contribution in [3.8, 4) is 0 Å². The van der Waals surface area contributed by atoms with E-state index < -0.39 is 0 Å². The Bertz CT molecular complexity index is 152. The molecule has 70 valence electrons. The molecule has 2 aliphatic carbocycles. The summed E-state index contributed by atoms with van der Waals surface area (Å²) < 4.78 is 0. The van der Waals surface area contributed by atoms with Crippen molar-refractivity contribution >= 4 is 15.9 Å². The van der Waals surface area contributed by atoms with Gasteiger partial charge in [-0.05, 0) is 42.9 Å². The molecule has 0 heterocycles. The molecule has 0 unspecified atom stereocenters. The summed E-state index contributed by atoms with van der Waals surface area (Å²) in [6.45, 7) is 2.40. The zero-order valence-electron chi connectivity index (χ0n) is 7.98. The van der Waals surface area contributed by atoms with E-state index >= 15 is 0 Å². The topological polar surface area (TPSA) is 0 Å². The quantitative estimate of drug-likeness (QED) is 0.630. The van der Waals surface area contributed by atoms with Crippen LogP contribution in [-0.2, 0) is 0 Å². The molecule has 0 spiro atoms. The van der Waals surface area contributed by atoms with Crippen molar-refractivity contribution in [3.63, 3.8) is 0 Å². The molecule has 0 saturated heterocycles. The van der Waals surface area contributed by atoms with Gasteiger partial charge < -0.3 is 0 Å². The zero-order chi connectivity index (χ0) is 8.60. The molecule has 12 heavy (non-hydrogen) atoms. The number of halogens is 1. The molecule has 2 fully saturated rings. The highest BCUT2D eigenvalue weighted by atomic mass is 79.9. The average molecular weight is 231 g/mol. The highest BCUT2D eigenvalue weighted by molar-refractivity contribution is 9.09. The average Bonchev–Trinajstić information content (AvgIpc) is 2.50. The van der Waals surface area contributed by atoms with Crippen LogP contribution in [0.5, 0.6) is 0 Å². The lowest BCUT2D eigenvalue weighted by Crippen LogP contribution is -2.42. The zero-order valence-corrected chi connectivity index (χ0v) is 9.57. The van der Waals surface area contributed by atoms with Crippen LogP contribution in [0.15, 0.2) is 0 Å². The van der Waals surface area contributed by atoms with E-state index in [-0.39, 0.29) is 0 Å². The van der Waals surface area contributed by atoms with Gasteiger partial charge in [-0.2, -0.15) is 0 Å². The first kappa shape index (κ1) is 9.05. The Hall–Kier alpha value is 0.480. The Morgan fingerprint density at radius 3 is 2.25 bits per heavy atom. The standard InChI is InChI=1S/C11H19Br/c1-9-6-11(7-9,8-12)10-4-2-3-5-10/h9-10H,2-8H2,1H3. The van der Waals surface area contributed by atoms with E-state index in [2.05, 4.69) is 22.9 Å². The maximum Gasteiger partial charge on any atom is 0.00908 e. The van der Waals surface area contributed by atoms with Crippen LogP contribution in [-0.4, -0.2) is 5.33 Å². The van der Waals surface area contributed by atoms with Crippen LogP contribution in [0, 0.1) is 17.3 Å². The Morgan fingerprint density at radius 1 is 1.25 bits per heavy atom. The van der Waals surface area contributed by atoms with Crippen LogP contribution in [0.25, 0.3) is 0 Å². The molecule has 0 atom stereocenters. The molecule has 2 aliphatic rings. The molecular formula is C11H19Br. The van der Waals surface area contributed by atoms with E-state index in [9.17, 15) is 0 Å². The largest absolute Gasteiger partial charge is 0.0922 e. The summed E-state index contributed by atoms with van der Waals surface area (Å²) in [4.78, 5) is 0. The van der Waals surface area contributed by atoms with Gasteiger partial charge in [0.25, 0.3) is 0 Å². The lowest BCUT2D eigenvalue weighted by Gasteiger charge is -2.50.